The minimum atomic E-state index is -0.123. The van der Waals surface area contributed by atoms with Crippen molar-refractivity contribution in [3.05, 3.63) is 47.6 Å². The minimum absolute atomic E-state index is 0.123. The van der Waals surface area contributed by atoms with E-state index < -0.39 is 0 Å². The topological polar surface area (TPSA) is 68.0 Å². The number of rotatable bonds is 4. The molecule has 0 saturated carbocycles. The molecule has 0 spiro atoms. The summed E-state index contributed by atoms with van der Waals surface area (Å²) in [6, 6.07) is 10.7. The third kappa shape index (κ3) is 4.46. The van der Waals surface area contributed by atoms with Crippen molar-refractivity contribution in [2.24, 2.45) is 0 Å². The smallest absolute Gasteiger partial charge is 0.235 e. The quantitative estimate of drug-likeness (QED) is 0.671. The van der Waals surface area contributed by atoms with Crippen LogP contribution in [0.3, 0.4) is 0 Å². The molecule has 1 aromatic heterocycles. The number of thioether (sulfide) groups is 1. The molecule has 0 bridgehead atoms. The van der Waals surface area contributed by atoms with Gasteiger partial charge in [-0.25, -0.2) is 4.98 Å². The van der Waals surface area contributed by atoms with Crippen LogP contribution in [0.2, 0.25) is 5.02 Å². The summed E-state index contributed by atoms with van der Waals surface area (Å²) in [6.07, 6.45) is 1.49. The first-order valence-corrected chi connectivity index (χ1v) is 6.89. The largest absolute Gasteiger partial charge is 0.399 e. The van der Waals surface area contributed by atoms with Gasteiger partial charge in [0.25, 0.3) is 0 Å². The van der Waals surface area contributed by atoms with Crippen LogP contribution in [0.15, 0.2) is 47.5 Å². The highest BCUT2D eigenvalue weighted by Crippen LogP contribution is 2.20. The van der Waals surface area contributed by atoms with E-state index in [0.717, 1.165) is 4.90 Å². The van der Waals surface area contributed by atoms with Gasteiger partial charge in [-0.05, 0) is 30.3 Å². The van der Waals surface area contributed by atoms with Crippen LogP contribution in [0, 0.1) is 0 Å². The average molecular weight is 294 g/mol. The Hall–Kier alpha value is -1.72. The second-order valence-corrected chi connectivity index (χ2v) is 5.26. The molecule has 0 aliphatic rings. The minimum Gasteiger partial charge on any atom is -0.399 e. The summed E-state index contributed by atoms with van der Waals surface area (Å²) in [5.74, 6) is 0.665. The van der Waals surface area contributed by atoms with E-state index >= 15 is 0 Å². The zero-order valence-corrected chi connectivity index (χ0v) is 11.5. The lowest BCUT2D eigenvalue weighted by Gasteiger charge is -2.04. The van der Waals surface area contributed by atoms with Gasteiger partial charge in [-0.1, -0.05) is 17.7 Å². The first-order valence-electron chi connectivity index (χ1n) is 5.53. The van der Waals surface area contributed by atoms with Gasteiger partial charge in [-0.3, -0.25) is 4.79 Å². The number of aromatic nitrogens is 1. The van der Waals surface area contributed by atoms with Crippen molar-refractivity contribution >= 4 is 40.8 Å². The van der Waals surface area contributed by atoms with Gasteiger partial charge in [0.15, 0.2) is 0 Å². The number of carbonyl (C=O) groups is 1. The number of anilines is 2. The number of nitrogen functional groups attached to an aromatic ring is 1. The summed E-state index contributed by atoms with van der Waals surface area (Å²) in [7, 11) is 0. The van der Waals surface area contributed by atoms with E-state index in [2.05, 4.69) is 10.3 Å². The lowest BCUT2D eigenvalue weighted by molar-refractivity contribution is -0.113. The summed E-state index contributed by atoms with van der Waals surface area (Å²) >= 11 is 7.13. The van der Waals surface area contributed by atoms with E-state index in [1.165, 1.54) is 18.0 Å². The molecule has 2 aromatic rings. The summed E-state index contributed by atoms with van der Waals surface area (Å²) in [5.41, 5.74) is 6.35. The van der Waals surface area contributed by atoms with Crippen LogP contribution in [0.5, 0.6) is 0 Å². The molecule has 6 heteroatoms. The first-order chi connectivity index (χ1) is 9.13. The number of amides is 1. The van der Waals surface area contributed by atoms with Gasteiger partial charge in [0, 0.05) is 16.8 Å². The molecule has 2 rings (SSSR count). The van der Waals surface area contributed by atoms with E-state index in [0.29, 0.717) is 22.3 Å². The van der Waals surface area contributed by atoms with Gasteiger partial charge in [0.05, 0.1) is 10.8 Å². The summed E-state index contributed by atoms with van der Waals surface area (Å²) in [5, 5.41) is 3.23. The van der Waals surface area contributed by atoms with Crippen LogP contribution >= 0.6 is 23.4 Å². The van der Waals surface area contributed by atoms with E-state index in [1.54, 1.807) is 12.1 Å². The number of pyridine rings is 1. The van der Waals surface area contributed by atoms with E-state index in [1.807, 2.05) is 24.3 Å². The lowest BCUT2D eigenvalue weighted by Crippen LogP contribution is -2.14. The normalized spacial score (nSPS) is 10.2. The molecule has 3 N–H and O–H groups in total. The predicted molar refractivity (Wildman–Crippen MR) is 79.5 cm³/mol. The second kappa shape index (κ2) is 6.45. The van der Waals surface area contributed by atoms with Crippen molar-refractivity contribution in [3.8, 4) is 0 Å². The number of hydrogen-bond donors (Lipinski definition) is 2. The third-order valence-electron chi connectivity index (χ3n) is 2.22. The van der Waals surface area contributed by atoms with Crippen molar-refractivity contribution in [3.63, 3.8) is 0 Å². The molecule has 0 saturated heterocycles. The van der Waals surface area contributed by atoms with Crippen LogP contribution in [0.4, 0.5) is 11.5 Å². The number of halogens is 1. The van der Waals surface area contributed by atoms with Crippen LogP contribution in [0.1, 0.15) is 0 Å². The van der Waals surface area contributed by atoms with E-state index in [9.17, 15) is 4.79 Å². The Morgan fingerprint density at radius 1 is 1.37 bits per heavy atom. The summed E-state index contributed by atoms with van der Waals surface area (Å²) in [6.45, 7) is 0. The Bertz CT molecular complexity index is 574. The van der Waals surface area contributed by atoms with Crippen LogP contribution in [0.25, 0.3) is 0 Å². The molecule has 4 nitrogen and oxygen atoms in total. The Balaban J connectivity index is 1.86. The molecule has 0 aliphatic heterocycles. The molecular weight excluding hydrogens is 282 g/mol. The van der Waals surface area contributed by atoms with Gasteiger partial charge in [-0.2, -0.15) is 0 Å². The fourth-order valence-electron chi connectivity index (χ4n) is 1.38. The summed E-state index contributed by atoms with van der Waals surface area (Å²) in [4.78, 5) is 16.7. The molecule has 0 aliphatic carbocycles. The average Bonchev–Trinajstić information content (AvgIpc) is 2.39. The fourth-order valence-corrected chi connectivity index (χ4v) is 2.26. The van der Waals surface area contributed by atoms with Crippen LogP contribution < -0.4 is 11.1 Å². The molecule has 0 fully saturated rings. The lowest BCUT2D eigenvalue weighted by atomic mass is 10.3. The monoisotopic (exact) mass is 293 g/mol. The van der Waals surface area contributed by atoms with Crippen LogP contribution in [-0.2, 0) is 4.79 Å². The van der Waals surface area contributed by atoms with Crippen molar-refractivity contribution in [1.29, 1.82) is 0 Å². The number of nitrogens with zero attached hydrogens (tertiary/aromatic N) is 1. The summed E-state index contributed by atoms with van der Waals surface area (Å²) < 4.78 is 0. The molecule has 98 valence electrons. The Labute approximate surface area is 120 Å². The zero-order valence-electron chi connectivity index (χ0n) is 9.97. The maximum atomic E-state index is 11.7. The highest BCUT2D eigenvalue weighted by Gasteiger charge is 2.04. The maximum Gasteiger partial charge on any atom is 0.235 e. The highest BCUT2D eigenvalue weighted by atomic mass is 35.5. The maximum absolute atomic E-state index is 11.7. The van der Waals surface area contributed by atoms with Crippen molar-refractivity contribution < 1.29 is 4.79 Å². The molecular formula is C13H12ClN3OS. The van der Waals surface area contributed by atoms with Crippen molar-refractivity contribution in [1.82, 2.24) is 4.98 Å². The Morgan fingerprint density at radius 3 is 2.89 bits per heavy atom. The SMILES string of the molecule is Nc1cccc(SCC(=O)Nc2ccc(Cl)cn2)c1. The van der Waals surface area contributed by atoms with Gasteiger partial charge < -0.3 is 11.1 Å². The first kappa shape index (κ1) is 13.7. The van der Waals surface area contributed by atoms with Gasteiger partial charge >= 0.3 is 0 Å². The van der Waals surface area contributed by atoms with Gasteiger partial charge in [0.2, 0.25) is 5.91 Å². The Morgan fingerprint density at radius 2 is 2.21 bits per heavy atom. The molecule has 1 aromatic carbocycles. The number of benzene rings is 1. The fraction of sp³-hybridized carbons (Fsp3) is 0.0769. The number of nitrogens with two attached hydrogens (primary N) is 1. The zero-order chi connectivity index (χ0) is 13.7. The van der Waals surface area contributed by atoms with E-state index in [-0.39, 0.29) is 5.91 Å². The van der Waals surface area contributed by atoms with E-state index in [4.69, 9.17) is 17.3 Å². The van der Waals surface area contributed by atoms with Crippen molar-refractivity contribution in [2.45, 2.75) is 4.90 Å². The molecule has 0 radical (unpaired) electrons. The third-order valence-corrected chi connectivity index (χ3v) is 3.44. The molecule has 1 amide bonds. The highest BCUT2D eigenvalue weighted by molar-refractivity contribution is 8.00. The predicted octanol–water partition coefficient (Wildman–Crippen LogP) is 3.05. The standard InChI is InChI=1S/C13H12ClN3OS/c14-9-4-5-12(16-7-9)17-13(18)8-19-11-3-1-2-10(15)6-11/h1-7H,8,15H2,(H,16,17,18). The van der Waals surface area contributed by atoms with Crippen molar-refractivity contribution in [2.75, 3.05) is 16.8 Å². The van der Waals surface area contributed by atoms with Crippen LogP contribution in [-0.4, -0.2) is 16.6 Å². The second-order valence-electron chi connectivity index (χ2n) is 3.77. The molecule has 0 atom stereocenters. The molecule has 19 heavy (non-hydrogen) atoms. The van der Waals surface area contributed by atoms with Gasteiger partial charge in [0.1, 0.15) is 5.82 Å². The Kier molecular flexibility index (Phi) is 4.65. The number of carbonyl (C=O) groups excluding carboxylic acids is 1. The number of hydrogen-bond acceptors (Lipinski definition) is 4. The number of nitrogens with one attached hydrogen (secondary N) is 1. The molecule has 0 unspecified atom stereocenters. The van der Waals surface area contributed by atoms with Gasteiger partial charge in [-0.15, -0.1) is 11.8 Å². The molecule has 1 heterocycles.